The Morgan fingerprint density at radius 2 is 2.00 bits per heavy atom. The van der Waals surface area contributed by atoms with Crippen LogP contribution in [-0.2, 0) is 14.4 Å². The summed E-state index contributed by atoms with van der Waals surface area (Å²) in [4.78, 5) is 41.5. The van der Waals surface area contributed by atoms with Crippen molar-refractivity contribution in [3.05, 3.63) is 0 Å². The van der Waals surface area contributed by atoms with Gasteiger partial charge in [-0.1, -0.05) is 6.92 Å². The first-order valence-electron chi connectivity index (χ1n) is 9.02. The van der Waals surface area contributed by atoms with Gasteiger partial charge in [-0.3, -0.25) is 19.3 Å². The highest BCUT2D eigenvalue weighted by Gasteiger charge is 2.37. The molecule has 2 unspecified atom stereocenters. The number of amides is 2. The first-order valence-corrected chi connectivity index (χ1v) is 10.2. The highest BCUT2D eigenvalue weighted by Crippen LogP contribution is 2.25. The molecule has 142 valence electrons. The number of rotatable bonds is 6. The van der Waals surface area contributed by atoms with Crippen molar-refractivity contribution in [2.24, 2.45) is 0 Å². The van der Waals surface area contributed by atoms with Gasteiger partial charge in [-0.05, 0) is 32.7 Å². The van der Waals surface area contributed by atoms with Crippen molar-refractivity contribution in [1.82, 2.24) is 14.7 Å². The monoisotopic (exact) mass is 371 g/mol. The molecule has 2 aliphatic rings. The molecule has 2 saturated heterocycles. The first-order chi connectivity index (χ1) is 11.9. The van der Waals surface area contributed by atoms with Crippen molar-refractivity contribution in [1.29, 1.82) is 0 Å². The Bertz CT molecular complexity index is 502. The van der Waals surface area contributed by atoms with E-state index in [9.17, 15) is 14.4 Å². The molecule has 2 amide bonds. The van der Waals surface area contributed by atoms with Crippen LogP contribution in [0.4, 0.5) is 0 Å². The second-order valence-corrected chi connectivity index (χ2v) is 7.85. The fourth-order valence-electron chi connectivity index (χ4n) is 3.54. The molecule has 2 heterocycles. The van der Waals surface area contributed by atoms with Crippen LogP contribution >= 0.6 is 11.8 Å². The van der Waals surface area contributed by atoms with Gasteiger partial charge in [0.15, 0.2) is 0 Å². The number of hydrogen-bond acceptors (Lipinski definition) is 5. The molecule has 2 atom stereocenters. The highest BCUT2D eigenvalue weighted by atomic mass is 32.2. The van der Waals surface area contributed by atoms with Crippen LogP contribution in [0.25, 0.3) is 0 Å². The maximum absolute atomic E-state index is 12.9. The third-order valence-corrected chi connectivity index (χ3v) is 5.98. The molecule has 25 heavy (non-hydrogen) atoms. The summed E-state index contributed by atoms with van der Waals surface area (Å²) in [7, 11) is 1.83. The van der Waals surface area contributed by atoms with E-state index in [0.29, 0.717) is 31.1 Å². The zero-order valence-electron chi connectivity index (χ0n) is 15.1. The van der Waals surface area contributed by atoms with E-state index in [1.807, 2.05) is 23.8 Å². The minimum atomic E-state index is -0.826. The summed E-state index contributed by atoms with van der Waals surface area (Å²) in [5.74, 6) is 0.573. The fraction of sp³-hybridized carbons (Fsp3) is 0.824. The number of likely N-dealkylation sites (N-methyl/N-ethyl adjacent to an activating group) is 1. The molecular weight excluding hydrogens is 342 g/mol. The summed E-state index contributed by atoms with van der Waals surface area (Å²) in [6, 6.07) is -0.151. The zero-order chi connectivity index (χ0) is 18.4. The van der Waals surface area contributed by atoms with Crippen LogP contribution in [0.1, 0.15) is 39.0 Å². The quantitative estimate of drug-likeness (QED) is 0.753. The molecule has 0 aromatic heterocycles. The van der Waals surface area contributed by atoms with E-state index in [4.69, 9.17) is 5.11 Å². The Labute approximate surface area is 153 Å². The average Bonchev–Trinajstić information content (AvgIpc) is 2.91. The van der Waals surface area contributed by atoms with Gasteiger partial charge in [-0.25, -0.2) is 0 Å². The first kappa shape index (κ1) is 20.0. The van der Waals surface area contributed by atoms with Crippen molar-refractivity contribution < 1.29 is 19.5 Å². The molecule has 2 fully saturated rings. The van der Waals surface area contributed by atoms with E-state index >= 15 is 0 Å². The molecule has 0 aromatic rings. The normalized spacial score (nSPS) is 24.4. The van der Waals surface area contributed by atoms with Gasteiger partial charge in [0.2, 0.25) is 11.8 Å². The minimum Gasteiger partial charge on any atom is -0.480 e. The summed E-state index contributed by atoms with van der Waals surface area (Å²) in [5, 5.41) is 8.95. The maximum atomic E-state index is 12.9. The van der Waals surface area contributed by atoms with Gasteiger partial charge in [0.25, 0.3) is 0 Å². The molecule has 8 heteroatoms. The molecule has 0 aromatic carbocycles. The Balaban J connectivity index is 1.93. The lowest BCUT2D eigenvalue weighted by Crippen LogP contribution is -2.49. The molecule has 7 nitrogen and oxygen atoms in total. The summed E-state index contributed by atoms with van der Waals surface area (Å²) >= 11 is 1.64. The Morgan fingerprint density at radius 1 is 1.24 bits per heavy atom. The molecular formula is C17H29N3O4S. The number of likely N-dealkylation sites (tertiary alicyclic amines) is 1. The lowest BCUT2D eigenvalue weighted by Gasteiger charge is -2.29. The van der Waals surface area contributed by atoms with Gasteiger partial charge in [0.1, 0.15) is 6.04 Å². The van der Waals surface area contributed by atoms with E-state index < -0.39 is 5.97 Å². The highest BCUT2D eigenvalue weighted by molar-refractivity contribution is 7.99. The number of carbonyl (C=O) groups excluding carboxylic acids is 2. The predicted octanol–water partition coefficient (Wildman–Crippen LogP) is 1.09. The third-order valence-electron chi connectivity index (χ3n) is 4.97. The molecule has 0 spiro atoms. The fourth-order valence-corrected chi connectivity index (χ4v) is 4.72. The van der Waals surface area contributed by atoms with Gasteiger partial charge in [0, 0.05) is 31.3 Å². The number of carboxylic acids is 1. The summed E-state index contributed by atoms with van der Waals surface area (Å²) < 4.78 is 0. The number of aliphatic carboxylic acids is 1. The van der Waals surface area contributed by atoms with Crippen LogP contribution in [0.5, 0.6) is 0 Å². The van der Waals surface area contributed by atoms with Gasteiger partial charge < -0.3 is 14.9 Å². The second kappa shape index (κ2) is 9.43. The van der Waals surface area contributed by atoms with E-state index in [2.05, 4.69) is 0 Å². The van der Waals surface area contributed by atoms with Crippen LogP contribution in [0.15, 0.2) is 0 Å². The average molecular weight is 372 g/mol. The Morgan fingerprint density at radius 3 is 2.68 bits per heavy atom. The third kappa shape index (κ3) is 5.34. The predicted molar refractivity (Wildman–Crippen MR) is 97.4 cm³/mol. The summed E-state index contributed by atoms with van der Waals surface area (Å²) in [6.07, 6.45) is 3.82. The molecule has 0 bridgehead atoms. The molecule has 2 rings (SSSR count). The standard InChI is InChI=1S/C17H29N3O4S/c1-3-5-15(21)20-12-25-11-14(20)17(24)19-8-4-6-13(7-9-19)18(2)10-16(22)23/h13-14H,3-12H2,1-2H3,(H,22,23). The van der Waals surface area contributed by atoms with Gasteiger partial charge in [-0.2, -0.15) is 0 Å². The van der Waals surface area contributed by atoms with Crippen LogP contribution < -0.4 is 0 Å². The van der Waals surface area contributed by atoms with Gasteiger partial charge in [-0.15, -0.1) is 11.8 Å². The molecule has 0 aliphatic carbocycles. The molecule has 0 saturated carbocycles. The van der Waals surface area contributed by atoms with Crippen LogP contribution in [0.3, 0.4) is 0 Å². The Hall–Kier alpha value is -1.28. The topological polar surface area (TPSA) is 81.2 Å². The largest absolute Gasteiger partial charge is 0.480 e. The molecule has 2 aliphatic heterocycles. The lowest BCUT2D eigenvalue weighted by molar-refractivity contribution is -0.143. The number of carbonyl (C=O) groups is 3. The summed E-state index contributed by atoms with van der Waals surface area (Å²) in [6.45, 7) is 3.31. The SMILES string of the molecule is CCCC(=O)N1CSCC1C(=O)N1CCCC(N(C)CC(=O)O)CC1. The van der Waals surface area contributed by atoms with Crippen molar-refractivity contribution >= 4 is 29.5 Å². The number of thioether (sulfide) groups is 1. The Kier molecular flexibility index (Phi) is 7.56. The maximum Gasteiger partial charge on any atom is 0.317 e. The van der Waals surface area contributed by atoms with Crippen LogP contribution in [0.2, 0.25) is 0 Å². The van der Waals surface area contributed by atoms with E-state index in [1.54, 1.807) is 16.7 Å². The van der Waals surface area contributed by atoms with Gasteiger partial charge >= 0.3 is 5.97 Å². The summed E-state index contributed by atoms with van der Waals surface area (Å²) in [5.41, 5.74) is 0. The minimum absolute atomic E-state index is 0.0250. The van der Waals surface area contributed by atoms with Crippen molar-refractivity contribution in [3.63, 3.8) is 0 Å². The van der Waals surface area contributed by atoms with Crippen molar-refractivity contribution in [2.45, 2.75) is 51.1 Å². The number of carboxylic acid groups (broad SMARTS) is 1. The van der Waals surface area contributed by atoms with Crippen molar-refractivity contribution in [2.75, 3.05) is 38.3 Å². The lowest BCUT2D eigenvalue weighted by atomic mass is 10.1. The van der Waals surface area contributed by atoms with Crippen LogP contribution in [0, 0.1) is 0 Å². The van der Waals surface area contributed by atoms with Gasteiger partial charge in [0.05, 0.1) is 12.4 Å². The van der Waals surface area contributed by atoms with Crippen molar-refractivity contribution in [3.8, 4) is 0 Å². The van der Waals surface area contributed by atoms with E-state index in [1.165, 1.54) is 0 Å². The van der Waals surface area contributed by atoms with Crippen LogP contribution in [-0.4, -0.2) is 88.0 Å². The smallest absolute Gasteiger partial charge is 0.317 e. The number of nitrogens with zero attached hydrogens (tertiary/aromatic N) is 3. The zero-order valence-corrected chi connectivity index (χ0v) is 16.0. The van der Waals surface area contributed by atoms with E-state index in [0.717, 1.165) is 25.7 Å². The molecule has 0 radical (unpaired) electrons. The second-order valence-electron chi connectivity index (χ2n) is 6.85. The number of hydrogen-bond donors (Lipinski definition) is 1. The van der Waals surface area contributed by atoms with E-state index in [-0.39, 0.29) is 30.4 Å². The molecule has 1 N–H and O–H groups in total.